The minimum absolute atomic E-state index is 0.151. The van der Waals surface area contributed by atoms with Crippen LogP contribution in [0.5, 0.6) is 0 Å². The largest absolute Gasteiger partial charge is 0.405 e. The van der Waals surface area contributed by atoms with Crippen molar-refractivity contribution in [3.05, 3.63) is 137 Å². The van der Waals surface area contributed by atoms with Crippen LogP contribution in [-0.2, 0) is 11.2 Å². The lowest BCUT2D eigenvalue weighted by Crippen LogP contribution is -2.37. The molecule has 1 atom stereocenters. The molecule has 0 saturated carbocycles. The van der Waals surface area contributed by atoms with Gasteiger partial charge < -0.3 is 11.1 Å². The second kappa shape index (κ2) is 12.7. The fourth-order valence-corrected chi connectivity index (χ4v) is 7.02. The first-order valence-corrected chi connectivity index (χ1v) is 16.2. The van der Waals surface area contributed by atoms with Crippen molar-refractivity contribution < 1.29 is 22.8 Å². The minimum atomic E-state index is -4.58. The number of fused-ring (bicyclic) bond motifs is 4. The molecule has 3 N–H and O–H groups in total. The molecule has 1 heterocycles. The number of ketones is 1. The van der Waals surface area contributed by atoms with Crippen LogP contribution in [0.15, 0.2) is 109 Å². The van der Waals surface area contributed by atoms with Crippen molar-refractivity contribution in [3.8, 4) is 27.9 Å². The number of halogens is 3. The number of alkyl halides is 3. The third-order valence-electron chi connectivity index (χ3n) is 9.11. The molecular weight excluding hydrogens is 625 g/mol. The molecule has 0 saturated heterocycles. The summed E-state index contributed by atoms with van der Waals surface area (Å²) >= 11 is 0. The van der Waals surface area contributed by atoms with E-state index in [2.05, 4.69) is 10.3 Å². The molecule has 1 unspecified atom stereocenters. The molecule has 7 rings (SSSR count). The number of carbonyl (C=O) groups excluding carboxylic acids is 2. The smallest absolute Gasteiger partial charge is 0.369 e. The van der Waals surface area contributed by atoms with E-state index in [-0.39, 0.29) is 11.7 Å². The van der Waals surface area contributed by atoms with Gasteiger partial charge in [-0.25, -0.2) is 4.98 Å². The zero-order chi connectivity index (χ0) is 34.3. The molecule has 5 aromatic carbocycles. The van der Waals surface area contributed by atoms with Crippen LogP contribution in [0.1, 0.15) is 58.3 Å². The fraction of sp³-hybridized carbons (Fsp3) is 0.175. The number of hydrogen-bond acceptors (Lipinski definition) is 4. The molecule has 246 valence electrons. The molecule has 0 spiro atoms. The number of carbonyl (C=O) groups is 2. The Bertz CT molecular complexity index is 2220. The summed E-state index contributed by atoms with van der Waals surface area (Å²) < 4.78 is 41.9. The molecule has 0 bridgehead atoms. The molecular formula is C40H33F3N4O2. The predicted molar refractivity (Wildman–Crippen MR) is 186 cm³/mol. The minimum Gasteiger partial charge on any atom is -0.369 e. The number of para-hydroxylation sites is 2. The molecule has 9 heteroatoms. The van der Waals surface area contributed by atoms with Gasteiger partial charge in [0.25, 0.3) is 0 Å². The predicted octanol–water partition coefficient (Wildman–Crippen LogP) is 8.64. The number of benzene rings is 5. The van der Waals surface area contributed by atoms with Gasteiger partial charge in [-0.1, -0.05) is 104 Å². The Hall–Kier alpha value is -5.70. The molecule has 0 aliphatic heterocycles. The van der Waals surface area contributed by atoms with Crippen molar-refractivity contribution in [2.45, 2.75) is 38.3 Å². The van der Waals surface area contributed by atoms with Gasteiger partial charge in [-0.2, -0.15) is 13.2 Å². The van der Waals surface area contributed by atoms with E-state index in [0.717, 1.165) is 17.5 Å². The summed E-state index contributed by atoms with van der Waals surface area (Å²) in [5.74, 6) is -1.90. The molecule has 0 radical (unpaired) electrons. The third kappa shape index (κ3) is 5.75. The highest BCUT2D eigenvalue weighted by Crippen LogP contribution is 2.50. The fourth-order valence-electron chi connectivity index (χ4n) is 7.02. The lowest BCUT2D eigenvalue weighted by atomic mass is 9.84. The molecule has 6 nitrogen and oxygen atoms in total. The van der Waals surface area contributed by atoms with Gasteiger partial charge in [0.05, 0.1) is 22.6 Å². The summed E-state index contributed by atoms with van der Waals surface area (Å²) in [6.45, 7) is 0.581. The highest BCUT2D eigenvalue weighted by atomic mass is 19.4. The maximum absolute atomic E-state index is 15.1. The Morgan fingerprint density at radius 1 is 0.837 bits per heavy atom. The maximum atomic E-state index is 15.1. The summed E-state index contributed by atoms with van der Waals surface area (Å²) in [5.41, 5.74) is 14.1. The topological polar surface area (TPSA) is 90.0 Å². The van der Waals surface area contributed by atoms with E-state index in [1.54, 1.807) is 28.8 Å². The molecule has 6 aromatic rings. The summed E-state index contributed by atoms with van der Waals surface area (Å²) in [6.07, 6.45) is -2.66. The first-order valence-electron chi connectivity index (χ1n) is 16.2. The van der Waals surface area contributed by atoms with Crippen LogP contribution in [0, 0.1) is 0 Å². The van der Waals surface area contributed by atoms with Gasteiger partial charge in [0.15, 0.2) is 5.78 Å². The van der Waals surface area contributed by atoms with E-state index in [1.165, 1.54) is 0 Å². The number of aromatic nitrogens is 2. The van der Waals surface area contributed by atoms with Crippen LogP contribution in [0.25, 0.3) is 39.0 Å². The lowest BCUT2D eigenvalue weighted by Gasteiger charge is -2.24. The quantitative estimate of drug-likeness (QED) is 0.152. The Kier molecular flexibility index (Phi) is 8.28. The molecule has 1 aromatic heterocycles. The number of imidazole rings is 1. The summed E-state index contributed by atoms with van der Waals surface area (Å²) in [6, 6.07) is 33.4. The van der Waals surface area contributed by atoms with Gasteiger partial charge in [-0.05, 0) is 70.0 Å². The van der Waals surface area contributed by atoms with Crippen molar-refractivity contribution in [2.75, 3.05) is 12.3 Å². The molecule has 1 aliphatic carbocycles. The van der Waals surface area contributed by atoms with Crippen molar-refractivity contribution in [3.63, 3.8) is 0 Å². The van der Waals surface area contributed by atoms with Gasteiger partial charge in [0.1, 0.15) is 6.54 Å². The first-order chi connectivity index (χ1) is 23.7. The summed E-state index contributed by atoms with van der Waals surface area (Å²) in [4.78, 5) is 33.5. The highest BCUT2D eigenvalue weighted by Gasteiger charge is 2.40. The van der Waals surface area contributed by atoms with Gasteiger partial charge in [-0.3, -0.25) is 14.2 Å². The Balaban J connectivity index is 1.56. The summed E-state index contributed by atoms with van der Waals surface area (Å²) in [5, 5.41) is 2.14. The van der Waals surface area contributed by atoms with Gasteiger partial charge in [0, 0.05) is 11.1 Å². The number of amides is 1. The lowest BCUT2D eigenvalue weighted by molar-refractivity contribution is -0.138. The zero-order valence-electron chi connectivity index (χ0n) is 26.7. The number of hydrogen-bond donors (Lipinski definition) is 2. The Morgan fingerprint density at radius 3 is 2.27 bits per heavy atom. The van der Waals surface area contributed by atoms with Gasteiger partial charge in [-0.15, -0.1) is 0 Å². The molecule has 49 heavy (non-hydrogen) atoms. The summed E-state index contributed by atoms with van der Waals surface area (Å²) in [7, 11) is 0. The second-order valence-electron chi connectivity index (χ2n) is 12.2. The molecule has 0 fully saturated rings. The highest BCUT2D eigenvalue weighted by molar-refractivity contribution is 6.16. The molecule has 1 aliphatic rings. The number of unbranched alkanes of at least 4 members (excludes halogenated alkanes) is 1. The number of nitrogens with zero attached hydrogens (tertiary/aromatic N) is 2. The van der Waals surface area contributed by atoms with E-state index in [4.69, 9.17) is 5.73 Å². The van der Waals surface area contributed by atoms with Gasteiger partial charge >= 0.3 is 6.18 Å². The Morgan fingerprint density at radius 2 is 1.51 bits per heavy atom. The maximum Gasteiger partial charge on any atom is 0.405 e. The third-order valence-corrected chi connectivity index (χ3v) is 9.11. The number of rotatable bonds is 9. The van der Waals surface area contributed by atoms with Crippen molar-refractivity contribution >= 4 is 28.7 Å². The van der Waals surface area contributed by atoms with Crippen LogP contribution < -0.4 is 11.1 Å². The average Bonchev–Trinajstić information content (AvgIpc) is 3.62. The SMILES string of the molecule is CCCCc1c2c(cc(C(=O)c3ccccc3-c3ccccc3)c1-n1c(N)nc3ccccc31)-c1ccccc1C2C(=O)NCC(F)(F)F. The van der Waals surface area contributed by atoms with Crippen LogP contribution in [0.2, 0.25) is 0 Å². The van der Waals surface area contributed by atoms with Gasteiger partial charge in [0.2, 0.25) is 11.9 Å². The van der Waals surface area contributed by atoms with E-state index < -0.39 is 24.5 Å². The number of nitrogens with two attached hydrogens (primary N) is 1. The van der Waals surface area contributed by atoms with Crippen molar-refractivity contribution in [2.24, 2.45) is 0 Å². The van der Waals surface area contributed by atoms with E-state index in [0.29, 0.717) is 68.5 Å². The number of anilines is 1. The number of nitrogen functional groups attached to an aromatic ring is 1. The molecule has 1 amide bonds. The Labute approximate surface area is 281 Å². The van der Waals surface area contributed by atoms with Crippen LogP contribution in [-0.4, -0.2) is 34.0 Å². The monoisotopic (exact) mass is 658 g/mol. The van der Waals surface area contributed by atoms with Crippen LogP contribution >= 0.6 is 0 Å². The van der Waals surface area contributed by atoms with E-state index in [9.17, 15) is 18.0 Å². The second-order valence-corrected chi connectivity index (χ2v) is 12.2. The van der Waals surface area contributed by atoms with E-state index in [1.807, 2.05) is 91.9 Å². The normalized spacial score (nSPS) is 13.7. The van der Waals surface area contributed by atoms with E-state index >= 15 is 4.79 Å². The zero-order valence-corrected chi connectivity index (χ0v) is 26.7. The van der Waals surface area contributed by atoms with Crippen molar-refractivity contribution in [1.82, 2.24) is 14.9 Å². The number of nitrogens with one attached hydrogen (secondary N) is 1. The standard InChI is InChI=1S/C40H33F3N4O2/c1-2-3-15-29-34-30(26-17-8-9-18-27(26)35(34)38(49)45-23-40(41,42)43)22-31(36(29)47-33-21-12-11-20-32(33)46-39(47)44)37(48)28-19-10-7-16-25(28)24-13-5-4-6-14-24/h4-14,16-22,35H,2-3,15,23H2,1H3,(H2,44,46)(H,45,49). The van der Waals surface area contributed by atoms with Crippen molar-refractivity contribution in [1.29, 1.82) is 0 Å². The van der Waals surface area contributed by atoms with Crippen LogP contribution in [0.3, 0.4) is 0 Å². The first kappa shape index (κ1) is 31.9. The average molecular weight is 659 g/mol. The van der Waals surface area contributed by atoms with Crippen LogP contribution in [0.4, 0.5) is 19.1 Å².